The Balaban J connectivity index is 2.38. The lowest BCUT2D eigenvalue weighted by molar-refractivity contribution is 0.00620. The van der Waals surface area contributed by atoms with Crippen LogP contribution in [-0.4, -0.2) is 11.7 Å². The van der Waals surface area contributed by atoms with Crippen molar-refractivity contribution in [3.05, 3.63) is 48.1 Å². The zero-order valence-corrected chi connectivity index (χ0v) is 8.03. The van der Waals surface area contributed by atoms with Crippen LogP contribution in [0.3, 0.4) is 0 Å². The van der Waals surface area contributed by atoms with Crippen LogP contribution < -0.4 is 0 Å². The van der Waals surface area contributed by atoms with Crippen LogP contribution in [0.25, 0.3) is 0 Å². The second-order valence-corrected chi connectivity index (χ2v) is 3.66. The minimum atomic E-state index is -0.238. The molecule has 1 aliphatic heterocycles. The first kappa shape index (κ1) is 8.52. The van der Waals surface area contributed by atoms with E-state index in [2.05, 4.69) is 44.2 Å². The molecule has 0 N–H and O–H groups in total. The third kappa shape index (κ3) is 1.52. The van der Waals surface area contributed by atoms with Crippen molar-refractivity contribution in [2.75, 3.05) is 0 Å². The molecule has 0 saturated carbocycles. The Morgan fingerprint density at radius 3 is 3.00 bits per heavy atom. The third-order valence-corrected chi connectivity index (χ3v) is 2.46. The third-order valence-electron chi connectivity index (χ3n) is 2.46. The van der Waals surface area contributed by atoms with Gasteiger partial charge < -0.3 is 4.74 Å². The smallest absolute Gasteiger partial charge is 0.109 e. The fourth-order valence-electron chi connectivity index (χ4n) is 1.73. The highest BCUT2D eigenvalue weighted by atomic mass is 16.5. The fraction of sp³-hybridized carbons (Fsp3) is 0.333. The van der Waals surface area contributed by atoms with Crippen molar-refractivity contribution in [2.24, 2.45) is 0 Å². The molecule has 0 bridgehead atoms. The van der Waals surface area contributed by atoms with E-state index in [0.29, 0.717) is 0 Å². The predicted octanol–water partition coefficient (Wildman–Crippen LogP) is 2.77. The predicted molar refractivity (Wildman–Crippen MR) is 54.5 cm³/mol. The number of allylic oxidation sites excluding steroid dienone is 4. The van der Waals surface area contributed by atoms with Crippen LogP contribution in [0.5, 0.6) is 0 Å². The van der Waals surface area contributed by atoms with E-state index in [1.807, 2.05) is 12.2 Å². The first-order valence-corrected chi connectivity index (χ1v) is 4.63. The molecule has 1 aliphatic carbocycles. The van der Waals surface area contributed by atoms with Crippen LogP contribution in [-0.2, 0) is 4.74 Å². The van der Waals surface area contributed by atoms with E-state index in [1.165, 1.54) is 5.57 Å². The molecule has 0 radical (unpaired) electrons. The average molecular weight is 174 g/mol. The van der Waals surface area contributed by atoms with Gasteiger partial charge in [0.05, 0.1) is 6.10 Å². The van der Waals surface area contributed by atoms with Crippen molar-refractivity contribution in [3.63, 3.8) is 0 Å². The van der Waals surface area contributed by atoms with Crippen molar-refractivity contribution in [1.82, 2.24) is 0 Å². The summed E-state index contributed by atoms with van der Waals surface area (Å²) in [5, 5.41) is 0. The van der Waals surface area contributed by atoms with E-state index < -0.39 is 0 Å². The molecule has 13 heavy (non-hydrogen) atoms. The van der Waals surface area contributed by atoms with E-state index in [0.717, 1.165) is 0 Å². The van der Waals surface area contributed by atoms with Crippen LogP contribution in [0.15, 0.2) is 48.1 Å². The van der Waals surface area contributed by atoms with Crippen LogP contribution in [0.1, 0.15) is 13.8 Å². The van der Waals surface area contributed by atoms with Gasteiger partial charge in [0, 0.05) is 0 Å². The molecule has 0 saturated heterocycles. The minimum Gasteiger partial charge on any atom is -0.359 e. The normalized spacial score (nSPS) is 36.8. The van der Waals surface area contributed by atoms with E-state index >= 15 is 0 Å². The molecule has 0 spiro atoms. The van der Waals surface area contributed by atoms with E-state index in [9.17, 15) is 0 Å². The Hall–Kier alpha value is -1.08. The summed E-state index contributed by atoms with van der Waals surface area (Å²) >= 11 is 0. The van der Waals surface area contributed by atoms with Crippen molar-refractivity contribution < 1.29 is 4.74 Å². The first-order chi connectivity index (χ1) is 6.21. The molecule has 0 amide bonds. The molecule has 2 rings (SSSR count). The van der Waals surface area contributed by atoms with E-state index in [-0.39, 0.29) is 11.7 Å². The lowest BCUT2D eigenvalue weighted by Crippen LogP contribution is -2.31. The maximum atomic E-state index is 5.91. The van der Waals surface area contributed by atoms with Gasteiger partial charge in [0.25, 0.3) is 0 Å². The summed E-state index contributed by atoms with van der Waals surface area (Å²) in [6.45, 7) is 4.16. The monoisotopic (exact) mass is 174 g/mol. The maximum absolute atomic E-state index is 5.91. The summed E-state index contributed by atoms with van der Waals surface area (Å²) in [5.41, 5.74) is 0.980. The van der Waals surface area contributed by atoms with Gasteiger partial charge in [-0.1, -0.05) is 36.5 Å². The summed E-state index contributed by atoms with van der Waals surface area (Å²) in [4.78, 5) is 0. The van der Waals surface area contributed by atoms with Gasteiger partial charge >= 0.3 is 0 Å². The van der Waals surface area contributed by atoms with Gasteiger partial charge in [-0.05, 0) is 25.5 Å². The molecule has 0 aromatic heterocycles. The molecule has 1 heterocycles. The van der Waals surface area contributed by atoms with Gasteiger partial charge in [-0.3, -0.25) is 0 Å². The second-order valence-electron chi connectivity index (χ2n) is 3.66. The summed E-state index contributed by atoms with van der Waals surface area (Å²) in [6.07, 6.45) is 14.7. The highest BCUT2D eigenvalue weighted by Crippen LogP contribution is 2.30. The summed E-state index contributed by atoms with van der Waals surface area (Å²) < 4.78 is 5.91. The summed E-state index contributed by atoms with van der Waals surface area (Å²) in [6, 6.07) is 0. The highest BCUT2D eigenvalue weighted by Gasteiger charge is 2.29. The molecular weight excluding hydrogens is 160 g/mol. The topological polar surface area (TPSA) is 9.23 Å². The Bertz CT molecular complexity index is 320. The number of rotatable bonds is 0. The van der Waals surface area contributed by atoms with E-state index in [1.54, 1.807) is 0 Å². The Morgan fingerprint density at radius 1 is 1.31 bits per heavy atom. The number of hydrogen-bond donors (Lipinski definition) is 0. The molecule has 2 aliphatic rings. The number of hydrogen-bond acceptors (Lipinski definition) is 1. The van der Waals surface area contributed by atoms with Gasteiger partial charge in [-0.15, -0.1) is 0 Å². The molecule has 2 unspecified atom stereocenters. The van der Waals surface area contributed by atoms with Crippen LogP contribution in [0.2, 0.25) is 0 Å². The van der Waals surface area contributed by atoms with Crippen molar-refractivity contribution in [3.8, 4) is 0 Å². The largest absolute Gasteiger partial charge is 0.359 e. The first-order valence-electron chi connectivity index (χ1n) is 4.63. The fourth-order valence-corrected chi connectivity index (χ4v) is 1.73. The Morgan fingerprint density at radius 2 is 2.15 bits per heavy atom. The van der Waals surface area contributed by atoms with Crippen molar-refractivity contribution >= 4 is 0 Å². The van der Waals surface area contributed by atoms with Crippen LogP contribution in [0, 0.1) is 0 Å². The number of fused-ring (bicyclic) bond motifs is 1. The molecule has 1 nitrogen and oxygen atoms in total. The second kappa shape index (κ2) is 3.00. The van der Waals surface area contributed by atoms with E-state index in [4.69, 9.17) is 4.74 Å². The average Bonchev–Trinajstić information content (AvgIpc) is 2.21. The molecule has 0 aromatic carbocycles. The highest BCUT2D eigenvalue weighted by molar-refractivity contribution is 5.43. The molecular formula is C12H14O. The SMILES string of the molecule is CC1C=CC=C2C=CC=CC2(C)O1. The summed E-state index contributed by atoms with van der Waals surface area (Å²) in [7, 11) is 0. The Labute approximate surface area is 79.1 Å². The van der Waals surface area contributed by atoms with Crippen molar-refractivity contribution in [2.45, 2.75) is 25.6 Å². The summed E-state index contributed by atoms with van der Waals surface area (Å²) in [5.74, 6) is 0. The lowest BCUT2D eigenvalue weighted by Gasteiger charge is -2.30. The standard InChI is InChI=1S/C12H14O/c1-10-6-5-8-11-7-3-4-9-12(11,2)13-10/h3-10H,1-2H3. The van der Waals surface area contributed by atoms with Gasteiger partial charge in [0.2, 0.25) is 0 Å². The molecule has 2 atom stereocenters. The molecule has 0 aromatic rings. The maximum Gasteiger partial charge on any atom is 0.109 e. The van der Waals surface area contributed by atoms with Crippen molar-refractivity contribution in [1.29, 1.82) is 0 Å². The molecule has 68 valence electrons. The minimum absolute atomic E-state index is 0.176. The van der Waals surface area contributed by atoms with Crippen LogP contribution >= 0.6 is 0 Å². The van der Waals surface area contributed by atoms with Gasteiger partial charge in [0.1, 0.15) is 5.60 Å². The molecule has 1 heteroatoms. The zero-order chi connectivity index (χ0) is 9.31. The van der Waals surface area contributed by atoms with Gasteiger partial charge in [-0.2, -0.15) is 0 Å². The quantitative estimate of drug-likeness (QED) is 0.548. The van der Waals surface area contributed by atoms with Gasteiger partial charge in [-0.25, -0.2) is 0 Å². The number of ether oxygens (including phenoxy) is 1. The van der Waals surface area contributed by atoms with Crippen LogP contribution in [0.4, 0.5) is 0 Å². The zero-order valence-electron chi connectivity index (χ0n) is 8.03. The van der Waals surface area contributed by atoms with Gasteiger partial charge in [0.15, 0.2) is 0 Å². The Kier molecular flexibility index (Phi) is 1.97. The lowest BCUT2D eigenvalue weighted by atomic mass is 9.91. The molecule has 0 fully saturated rings.